The molecule has 2 aliphatic rings. The van der Waals surface area contributed by atoms with Crippen LogP contribution in [0.1, 0.15) is 54.2 Å². The van der Waals surface area contributed by atoms with Gasteiger partial charge in [0.2, 0.25) is 0 Å². The molecule has 0 aliphatic carbocycles. The van der Waals surface area contributed by atoms with Gasteiger partial charge in [-0.15, -0.1) is 0 Å². The lowest BCUT2D eigenvalue weighted by Crippen LogP contribution is -2.51. The SMILES string of the molecule is CCOCC(=O)N(C(=O)c1ccc(C2=NOC(C)(c3cc(Cl)c(F)c(Cl)c3)C2)cc1C)C1CON(CC)C1=O. The minimum Gasteiger partial charge on any atom is -0.384 e. The minimum absolute atomic E-state index is 0.119. The second-order valence-corrected chi connectivity index (χ2v) is 10.2. The number of ether oxygens (including phenoxy) is 1. The Hall–Kier alpha value is -3.05. The van der Waals surface area contributed by atoms with E-state index in [0.29, 0.717) is 28.8 Å². The predicted octanol–water partition coefficient (Wildman–Crippen LogP) is 4.65. The summed E-state index contributed by atoms with van der Waals surface area (Å²) in [5, 5.41) is 5.12. The van der Waals surface area contributed by atoms with Crippen LogP contribution in [0.4, 0.5) is 4.39 Å². The fourth-order valence-corrected chi connectivity index (χ4v) is 4.99. The van der Waals surface area contributed by atoms with E-state index in [1.807, 2.05) is 0 Å². The highest BCUT2D eigenvalue weighted by Crippen LogP contribution is 2.39. The van der Waals surface area contributed by atoms with Crippen LogP contribution in [0, 0.1) is 12.7 Å². The number of hydrogen-bond donors (Lipinski definition) is 0. The van der Waals surface area contributed by atoms with Crippen LogP contribution in [-0.4, -0.2) is 65.8 Å². The molecule has 0 radical (unpaired) electrons. The number of likely N-dealkylation sites (N-methyl/N-ethyl adjacent to an activating group) is 1. The van der Waals surface area contributed by atoms with Gasteiger partial charge < -0.3 is 9.57 Å². The first-order chi connectivity index (χ1) is 18.5. The predicted molar refractivity (Wildman–Crippen MR) is 142 cm³/mol. The number of carbonyl (C=O) groups excluding carboxylic acids is 3. The van der Waals surface area contributed by atoms with Crippen LogP contribution in [-0.2, 0) is 29.6 Å². The van der Waals surface area contributed by atoms with Gasteiger partial charge in [0.1, 0.15) is 19.3 Å². The summed E-state index contributed by atoms with van der Waals surface area (Å²) in [5.41, 5.74) is 1.72. The Balaban J connectivity index is 1.58. The molecule has 3 amide bonds. The van der Waals surface area contributed by atoms with Gasteiger partial charge >= 0.3 is 0 Å². The van der Waals surface area contributed by atoms with Gasteiger partial charge in [-0.25, -0.2) is 9.45 Å². The molecule has 0 bridgehead atoms. The van der Waals surface area contributed by atoms with E-state index in [9.17, 15) is 18.8 Å². The van der Waals surface area contributed by atoms with E-state index in [4.69, 9.17) is 37.6 Å². The normalized spacial score (nSPS) is 20.7. The number of halogens is 3. The van der Waals surface area contributed by atoms with Crippen molar-refractivity contribution >= 4 is 46.6 Å². The maximum absolute atomic E-state index is 13.9. The summed E-state index contributed by atoms with van der Waals surface area (Å²) in [6.45, 7) is 7.05. The molecule has 1 saturated heterocycles. The number of carbonyl (C=O) groups is 3. The fraction of sp³-hybridized carbons (Fsp3) is 0.407. The van der Waals surface area contributed by atoms with Crippen LogP contribution < -0.4 is 0 Å². The van der Waals surface area contributed by atoms with Gasteiger partial charge in [-0.1, -0.05) is 34.4 Å². The third-order valence-electron chi connectivity index (χ3n) is 6.68. The first-order valence-corrected chi connectivity index (χ1v) is 13.2. The summed E-state index contributed by atoms with van der Waals surface area (Å²) in [4.78, 5) is 51.4. The van der Waals surface area contributed by atoms with Crippen LogP contribution in [0.2, 0.25) is 10.0 Å². The highest BCUT2D eigenvalue weighted by molar-refractivity contribution is 6.35. The van der Waals surface area contributed by atoms with Crippen molar-refractivity contribution in [1.29, 1.82) is 0 Å². The van der Waals surface area contributed by atoms with Gasteiger partial charge in [-0.2, -0.15) is 0 Å². The molecular formula is C27H28Cl2FN3O6. The molecule has 2 atom stereocenters. The second kappa shape index (κ2) is 11.6. The largest absolute Gasteiger partial charge is 0.384 e. The van der Waals surface area contributed by atoms with Crippen molar-refractivity contribution in [2.45, 2.75) is 45.8 Å². The van der Waals surface area contributed by atoms with E-state index in [-0.39, 0.29) is 42.0 Å². The molecule has 1 fully saturated rings. The van der Waals surface area contributed by atoms with Crippen molar-refractivity contribution in [3.63, 3.8) is 0 Å². The number of nitrogens with zero attached hydrogens (tertiary/aromatic N) is 3. The third kappa shape index (κ3) is 5.65. The number of hydrogen-bond acceptors (Lipinski definition) is 7. The molecule has 0 N–H and O–H groups in total. The van der Waals surface area contributed by atoms with Crippen molar-refractivity contribution in [3.05, 3.63) is 68.4 Å². The molecular weight excluding hydrogens is 552 g/mol. The van der Waals surface area contributed by atoms with E-state index >= 15 is 0 Å². The molecule has 0 saturated carbocycles. The lowest BCUT2D eigenvalue weighted by molar-refractivity contribution is -0.161. The summed E-state index contributed by atoms with van der Waals surface area (Å²) < 4.78 is 19.1. The molecule has 2 aromatic carbocycles. The average molecular weight is 580 g/mol. The zero-order valence-corrected chi connectivity index (χ0v) is 23.4. The molecule has 0 aromatic heterocycles. The Labute approximate surface area is 235 Å². The van der Waals surface area contributed by atoms with Gasteiger partial charge in [0.25, 0.3) is 17.7 Å². The number of rotatable bonds is 8. The monoisotopic (exact) mass is 579 g/mol. The molecule has 12 heteroatoms. The highest BCUT2D eigenvalue weighted by Gasteiger charge is 2.43. The molecule has 9 nitrogen and oxygen atoms in total. The number of amides is 3. The number of hydroxylamine groups is 2. The van der Waals surface area contributed by atoms with Gasteiger partial charge in [0.05, 0.1) is 15.8 Å². The fourth-order valence-electron chi connectivity index (χ4n) is 4.50. The summed E-state index contributed by atoms with van der Waals surface area (Å²) >= 11 is 12.0. The summed E-state index contributed by atoms with van der Waals surface area (Å²) in [6, 6.07) is 6.84. The maximum Gasteiger partial charge on any atom is 0.271 e. The van der Waals surface area contributed by atoms with Crippen LogP contribution >= 0.6 is 23.2 Å². The minimum atomic E-state index is -1.09. The summed E-state index contributed by atoms with van der Waals surface area (Å²) in [6.07, 6.45) is 0.331. The average Bonchev–Trinajstić information content (AvgIpc) is 3.49. The van der Waals surface area contributed by atoms with Gasteiger partial charge in [0.15, 0.2) is 11.4 Å². The molecule has 39 heavy (non-hydrogen) atoms. The zero-order chi connectivity index (χ0) is 28.5. The Bertz CT molecular complexity index is 1330. The first kappa shape index (κ1) is 28.9. The van der Waals surface area contributed by atoms with E-state index < -0.39 is 35.2 Å². The smallest absolute Gasteiger partial charge is 0.271 e. The molecule has 0 spiro atoms. The van der Waals surface area contributed by atoms with Crippen LogP contribution in [0.5, 0.6) is 0 Å². The van der Waals surface area contributed by atoms with Crippen molar-refractivity contribution < 1.29 is 33.2 Å². The van der Waals surface area contributed by atoms with E-state index in [1.54, 1.807) is 45.9 Å². The highest BCUT2D eigenvalue weighted by atomic mass is 35.5. The Morgan fingerprint density at radius 2 is 1.92 bits per heavy atom. The van der Waals surface area contributed by atoms with Gasteiger partial charge in [-0.3, -0.25) is 24.1 Å². The second-order valence-electron chi connectivity index (χ2n) is 9.37. The Kier molecular flexibility index (Phi) is 8.60. The lowest BCUT2D eigenvalue weighted by Gasteiger charge is -2.25. The maximum atomic E-state index is 13.9. The number of aryl methyl sites for hydroxylation is 1. The molecule has 2 aliphatic heterocycles. The topological polar surface area (TPSA) is 97.7 Å². The lowest BCUT2D eigenvalue weighted by atomic mass is 9.88. The van der Waals surface area contributed by atoms with Crippen molar-refractivity contribution in [2.24, 2.45) is 5.16 Å². The van der Waals surface area contributed by atoms with Crippen molar-refractivity contribution in [1.82, 2.24) is 9.96 Å². The van der Waals surface area contributed by atoms with Crippen molar-refractivity contribution in [3.8, 4) is 0 Å². The number of oxime groups is 1. The van der Waals surface area contributed by atoms with Crippen LogP contribution in [0.15, 0.2) is 35.5 Å². The van der Waals surface area contributed by atoms with E-state index in [2.05, 4.69) is 5.16 Å². The molecule has 2 heterocycles. The van der Waals surface area contributed by atoms with E-state index in [0.717, 1.165) is 9.96 Å². The third-order valence-corrected chi connectivity index (χ3v) is 7.23. The molecule has 208 valence electrons. The summed E-state index contributed by atoms with van der Waals surface area (Å²) in [5.74, 6) is -2.44. The molecule has 4 rings (SSSR count). The summed E-state index contributed by atoms with van der Waals surface area (Å²) in [7, 11) is 0. The molecule has 2 aromatic rings. The first-order valence-electron chi connectivity index (χ1n) is 12.4. The quantitative estimate of drug-likeness (QED) is 0.422. The van der Waals surface area contributed by atoms with Crippen LogP contribution in [0.3, 0.4) is 0 Å². The Morgan fingerprint density at radius 1 is 1.23 bits per heavy atom. The van der Waals surface area contributed by atoms with Crippen molar-refractivity contribution in [2.75, 3.05) is 26.4 Å². The standard InChI is InChI=1S/C27H28Cl2FN3O6/c1-5-32-26(36)22(13-38-32)33(23(34)14-37-6-2)25(35)18-8-7-16(9-15(18)3)21-12-27(4,39-31-21)17-10-19(28)24(30)20(29)11-17/h7-11,22H,5-6,12-14H2,1-4H3. The van der Waals surface area contributed by atoms with Gasteiger partial charge in [-0.05, 0) is 63.1 Å². The number of imide groups is 1. The van der Waals surface area contributed by atoms with Crippen LogP contribution in [0.25, 0.3) is 0 Å². The zero-order valence-electron chi connectivity index (χ0n) is 21.9. The Morgan fingerprint density at radius 3 is 2.51 bits per heavy atom. The van der Waals surface area contributed by atoms with E-state index in [1.165, 1.54) is 12.1 Å². The number of benzene rings is 2. The molecule has 2 unspecified atom stereocenters. The van der Waals surface area contributed by atoms with Gasteiger partial charge in [0, 0.05) is 30.7 Å².